The Kier molecular flexibility index (Phi) is 11.3. The van der Waals surface area contributed by atoms with E-state index in [1.165, 1.54) is 25.7 Å². The number of carbonyl (C=O) groups is 1. The van der Waals surface area contributed by atoms with Crippen LogP contribution in [0.2, 0.25) is 0 Å². The highest BCUT2D eigenvalue weighted by Gasteiger charge is 1.96. The highest BCUT2D eigenvalue weighted by Crippen LogP contribution is 2.12. The molecule has 0 radical (unpaired) electrons. The molecular formula is C18H28O4. The third-order valence-electron chi connectivity index (χ3n) is 3.40. The van der Waals surface area contributed by atoms with Crippen molar-refractivity contribution in [1.82, 2.24) is 0 Å². The van der Waals surface area contributed by atoms with Gasteiger partial charge >= 0.3 is 0 Å². The van der Waals surface area contributed by atoms with E-state index in [2.05, 4.69) is 0 Å². The molecule has 22 heavy (non-hydrogen) atoms. The minimum atomic E-state index is 0.678. The summed E-state index contributed by atoms with van der Waals surface area (Å²) in [6.07, 6.45) is 7.95. The number of hydrogen-bond acceptors (Lipinski definition) is 4. The molecule has 0 aromatic heterocycles. The Balaban J connectivity index is 1.86. The van der Waals surface area contributed by atoms with Crippen LogP contribution in [0.25, 0.3) is 0 Å². The van der Waals surface area contributed by atoms with Gasteiger partial charge in [0, 0.05) is 19.3 Å². The molecule has 0 fully saturated rings. The van der Waals surface area contributed by atoms with E-state index in [1.54, 1.807) is 19.2 Å². The fourth-order valence-electron chi connectivity index (χ4n) is 2.09. The number of unbranched alkanes of at least 4 members (excludes halogenated alkanes) is 5. The molecule has 0 unspecified atom stereocenters. The Labute approximate surface area is 133 Å². The number of ether oxygens (including phenoxy) is 3. The number of rotatable bonds is 14. The molecule has 0 heterocycles. The van der Waals surface area contributed by atoms with E-state index in [4.69, 9.17) is 14.2 Å². The van der Waals surface area contributed by atoms with E-state index in [1.807, 2.05) is 12.1 Å². The summed E-state index contributed by atoms with van der Waals surface area (Å²) >= 11 is 0. The van der Waals surface area contributed by atoms with Crippen molar-refractivity contribution in [3.05, 3.63) is 29.8 Å². The van der Waals surface area contributed by atoms with Crippen molar-refractivity contribution in [2.75, 3.05) is 33.5 Å². The van der Waals surface area contributed by atoms with Gasteiger partial charge in [0.1, 0.15) is 12.0 Å². The van der Waals surface area contributed by atoms with Gasteiger partial charge < -0.3 is 14.2 Å². The molecule has 0 spiro atoms. The van der Waals surface area contributed by atoms with Crippen LogP contribution in [0.4, 0.5) is 0 Å². The summed E-state index contributed by atoms with van der Waals surface area (Å²) in [7, 11) is 1.69. The Morgan fingerprint density at radius 1 is 0.818 bits per heavy atom. The number of methoxy groups -OCH3 is 1. The molecule has 124 valence electrons. The van der Waals surface area contributed by atoms with Crippen molar-refractivity contribution in [2.24, 2.45) is 0 Å². The maximum atomic E-state index is 10.5. The summed E-state index contributed by atoms with van der Waals surface area (Å²) in [4.78, 5) is 10.5. The lowest BCUT2D eigenvalue weighted by molar-refractivity contribution is 0.0685. The summed E-state index contributed by atoms with van der Waals surface area (Å²) in [5.74, 6) is 0.832. The first-order valence-electron chi connectivity index (χ1n) is 8.11. The molecule has 4 nitrogen and oxygen atoms in total. The second-order valence-electron chi connectivity index (χ2n) is 5.26. The van der Waals surface area contributed by atoms with Crippen molar-refractivity contribution in [3.63, 3.8) is 0 Å². The molecule has 1 rings (SSSR count). The minimum Gasteiger partial charge on any atom is -0.494 e. The van der Waals surface area contributed by atoms with Crippen molar-refractivity contribution < 1.29 is 19.0 Å². The molecule has 4 heteroatoms. The highest BCUT2D eigenvalue weighted by atomic mass is 16.5. The van der Waals surface area contributed by atoms with Crippen molar-refractivity contribution in [1.29, 1.82) is 0 Å². The summed E-state index contributed by atoms with van der Waals surface area (Å²) in [6.45, 7) is 2.95. The average molecular weight is 308 g/mol. The van der Waals surface area contributed by atoms with Gasteiger partial charge in [0.05, 0.1) is 19.8 Å². The van der Waals surface area contributed by atoms with Crippen LogP contribution in [0.1, 0.15) is 48.9 Å². The number of hydrogen-bond donors (Lipinski definition) is 0. The van der Waals surface area contributed by atoms with Gasteiger partial charge in [-0.2, -0.15) is 0 Å². The van der Waals surface area contributed by atoms with Gasteiger partial charge in [-0.25, -0.2) is 0 Å². The number of carbonyl (C=O) groups excluding carboxylic acids is 1. The summed E-state index contributed by atoms with van der Waals surface area (Å²) in [6, 6.07) is 7.23. The van der Waals surface area contributed by atoms with Crippen LogP contribution >= 0.6 is 0 Å². The molecule has 0 saturated heterocycles. The molecule has 0 aliphatic heterocycles. The first kappa shape index (κ1) is 18.7. The van der Waals surface area contributed by atoms with Gasteiger partial charge in [-0.15, -0.1) is 0 Å². The normalized spacial score (nSPS) is 10.6. The SMILES string of the molecule is COCCOCCCCCCCCOc1ccc(C=O)cc1. The van der Waals surface area contributed by atoms with Crippen molar-refractivity contribution >= 4 is 6.29 Å². The van der Waals surface area contributed by atoms with Crippen LogP contribution in [-0.2, 0) is 9.47 Å². The smallest absolute Gasteiger partial charge is 0.150 e. The summed E-state index contributed by atoms with van der Waals surface area (Å²) in [5, 5.41) is 0. The van der Waals surface area contributed by atoms with E-state index >= 15 is 0 Å². The lowest BCUT2D eigenvalue weighted by Gasteiger charge is -2.06. The summed E-state index contributed by atoms with van der Waals surface area (Å²) < 4.78 is 16.0. The van der Waals surface area contributed by atoms with Crippen LogP contribution in [0.3, 0.4) is 0 Å². The van der Waals surface area contributed by atoms with Crippen LogP contribution < -0.4 is 4.74 Å². The quantitative estimate of drug-likeness (QED) is 0.386. The third-order valence-corrected chi connectivity index (χ3v) is 3.40. The molecule has 0 aliphatic carbocycles. The molecular weight excluding hydrogens is 280 g/mol. The lowest BCUT2D eigenvalue weighted by atomic mass is 10.1. The lowest BCUT2D eigenvalue weighted by Crippen LogP contribution is -2.02. The van der Waals surface area contributed by atoms with Gasteiger partial charge in [0.25, 0.3) is 0 Å². The average Bonchev–Trinajstić information content (AvgIpc) is 2.56. The fraction of sp³-hybridized carbons (Fsp3) is 0.611. The number of benzene rings is 1. The predicted molar refractivity (Wildman–Crippen MR) is 87.7 cm³/mol. The third kappa shape index (κ3) is 9.53. The van der Waals surface area contributed by atoms with Gasteiger partial charge in [-0.05, 0) is 37.1 Å². The van der Waals surface area contributed by atoms with Crippen molar-refractivity contribution in [2.45, 2.75) is 38.5 Å². The molecule has 0 amide bonds. The molecule has 0 atom stereocenters. The maximum Gasteiger partial charge on any atom is 0.150 e. The second-order valence-corrected chi connectivity index (χ2v) is 5.26. The first-order chi connectivity index (χ1) is 10.9. The zero-order chi connectivity index (χ0) is 15.9. The number of aldehydes is 1. The largest absolute Gasteiger partial charge is 0.494 e. The van der Waals surface area contributed by atoms with E-state index in [-0.39, 0.29) is 0 Å². The van der Waals surface area contributed by atoms with E-state index in [0.717, 1.165) is 38.1 Å². The van der Waals surface area contributed by atoms with Gasteiger partial charge in [0.2, 0.25) is 0 Å². The van der Waals surface area contributed by atoms with Gasteiger partial charge in [0.15, 0.2) is 0 Å². The van der Waals surface area contributed by atoms with Crippen LogP contribution in [-0.4, -0.2) is 39.8 Å². The minimum absolute atomic E-state index is 0.678. The monoisotopic (exact) mass is 308 g/mol. The standard InChI is InChI=1S/C18H28O4/c1-20-14-15-21-12-6-4-2-3-5-7-13-22-18-10-8-17(16-19)9-11-18/h8-11,16H,2-7,12-15H2,1H3. The van der Waals surface area contributed by atoms with E-state index in [9.17, 15) is 4.79 Å². The van der Waals surface area contributed by atoms with E-state index < -0.39 is 0 Å². The molecule has 0 N–H and O–H groups in total. The summed E-state index contributed by atoms with van der Waals surface area (Å²) in [5.41, 5.74) is 0.679. The predicted octanol–water partition coefficient (Wildman–Crippen LogP) is 3.88. The molecule has 0 aliphatic rings. The molecule has 1 aromatic carbocycles. The van der Waals surface area contributed by atoms with Crippen LogP contribution in [0, 0.1) is 0 Å². The van der Waals surface area contributed by atoms with E-state index in [0.29, 0.717) is 18.8 Å². The van der Waals surface area contributed by atoms with Crippen molar-refractivity contribution in [3.8, 4) is 5.75 Å². The molecule has 0 saturated carbocycles. The Bertz CT molecular complexity index is 375. The fourth-order valence-corrected chi connectivity index (χ4v) is 2.09. The molecule has 1 aromatic rings. The Hall–Kier alpha value is -1.39. The Morgan fingerprint density at radius 3 is 2.09 bits per heavy atom. The highest BCUT2D eigenvalue weighted by molar-refractivity contribution is 5.74. The topological polar surface area (TPSA) is 44.8 Å². The van der Waals surface area contributed by atoms with Gasteiger partial charge in [-0.3, -0.25) is 4.79 Å². The maximum absolute atomic E-state index is 10.5. The van der Waals surface area contributed by atoms with Gasteiger partial charge in [-0.1, -0.05) is 25.7 Å². The zero-order valence-corrected chi connectivity index (χ0v) is 13.6. The van der Waals surface area contributed by atoms with Crippen LogP contribution in [0.15, 0.2) is 24.3 Å². The molecule has 0 bridgehead atoms. The second kappa shape index (κ2) is 13.3. The van der Waals surface area contributed by atoms with Crippen LogP contribution in [0.5, 0.6) is 5.75 Å². The first-order valence-corrected chi connectivity index (χ1v) is 8.11. The Morgan fingerprint density at radius 2 is 1.45 bits per heavy atom. The zero-order valence-electron chi connectivity index (χ0n) is 13.6.